The molecule has 0 saturated carbocycles. The summed E-state index contributed by atoms with van der Waals surface area (Å²) in [6, 6.07) is 10.3. The first-order valence-electron chi connectivity index (χ1n) is 5.19. The van der Waals surface area contributed by atoms with E-state index >= 15 is 0 Å². The monoisotopic (exact) mass is 200 g/mol. The van der Waals surface area contributed by atoms with Gasteiger partial charge < -0.3 is 5.73 Å². The van der Waals surface area contributed by atoms with E-state index in [1.165, 1.54) is 10.8 Å². The summed E-state index contributed by atoms with van der Waals surface area (Å²) in [4.78, 5) is 4.47. The summed E-state index contributed by atoms with van der Waals surface area (Å²) in [5.41, 5.74) is 6.81. The molecule has 0 bridgehead atoms. The fourth-order valence-electron chi connectivity index (χ4n) is 1.76. The number of fused-ring (bicyclic) bond motifs is 1. The van der Waals surface area contributed by atoms with Crippen molar-refractivity contribution in [2.24, 2.45) is 5.73 Å². The standard InChI is InChI=1S/C13H16N2/c1-13(2,9-14)12-11-6-4-3-5-10(11)7-8-15-12/h3-8H,9,14H2,1-2H3. The lowest BCUT2D eigenvalue weighted by molar-refractivity contribution is 0.527. The fourth-order valence-corrected chi connectivity index (χ4v) is 1.76. The summed E-state index contributed by atoms with van der Waals surface area (Å²) in [6.07, 6.45) is 1.86. The molecule has 0 aliphatic rings. The van der Waals surface area contributed by atoms with Crippen molar-refractivity contribution in [3.8, 4) is 0 Å². The second-order valence-electron chi connectivity index (χ2n) is 4.47. The minimum atomic E-state index is -0.0686. The molecule has 0 saturated heterocycles. The fraction of sp³-hybridized carbons (Fsp3) is 0.308. The van der Waals surface area contributed by atoms with Crippen molar-refractivity contribution in [1.29, 1.82) is 0 Å². The van der Waals surface area contributed by atoms with Crippen molar-refractivity contribution in [3.63, 3.8) is 0 Å². The van der Waals surface area contributed by atoms with Crippen molar-refractivity contribution in [2.75, 3.05) is 6.54 Å². The van der Waals surface area contributed by atoms with Gasteiger partial charge in [-0.15, -0.1) is 0 Å². The molecule has 2 rings (SSSR count). The molecular weight excluding hydrogens is 184 g/mol. The maximum Gasteiger partial charge on any atom is 0.0550 e. The van der Waals surface area contributed by atoms with Crippen LogP contribution in [0.4, 0.5) is 0 Å². The number of nitrogens with zero attached hydrogens (tertiary/aromatic N) is 1. The van der Waals surface area contributed by atoms with Crippen LogP contribution in [0.1, 0.15) is 19.5 Å². The van der Waals surface area contributed by atoms with Gasteiger partial charge >= 0.3 is 0 Å². The number of hydrogen-bond acceptors (Lipinski definition) is 2. The molecule has 1 heterocycles. The predicted octanol–water partition coefficient (Wildman–Crippen LogP) is 2.47. The predicted molar refractivity (Wildman–Crippen MR) is 63.8 cm³/mol. The molecule has 2 N–H and O–H groups in total. The Bertz CT molecular complexity index is 469. The van der Waals surface area contributed by atoms with E-state index in [1.54, 1.807) is 0 Å². The second kappa shape index (κ2) is 3.63. The average molecular weight is 200 g/mol. The Morgan fingerprint density at radius 1 is 1.20 bits per heavy atom. The summed E-state index contributed by atoms with van der Waals surface area (Å²) in [6.45, 7) is 4.86. The second-order valence-corrected chi connectivity index (χ2v) is 4.47. The van der Waals surface area contributed by atoms with E-state index in [4.69, 9.17) is 5.73 Å². The van der Waals surface area contributed by atoms with E-state index in [2.05, 4.69) is 31.0 Å². The zero-order chi connectivity index (χ0) is 10.9. The minimum absolute atomic E-state index is 0.0686. The molecule has 1 aromatic heterocycles. The lowest BCUT2D eigenvalue weighted by Crippen LogP contribution is -2.29. The zero-order valence-corrected chi connectivity index (χ0v) is 9.20. The molecule has 78 valence electrons. The molecule has 0 aliphatic carbocycles. The van der Waals surface area contributed by atoms with Gasteiger partial charge in [0.2, 0.25) is 0 Å². The van der Waals surface area contributed by atoms with E-state index in [-0.39, 0.29) is 5.41 Å². The lowest BCUT2D eigenvalue weighted by atomic mass is 9.86. The van der Waals surface area contributed by atoms with Gasteiger partial charge in [-0.1, -0.05) is 38.1 Å². The molecular formula is C13H16N2. The van der Waals surface area contributed by atoms with Crippen molar-refractivity contribution in [1.82, 2.24) is 4.98 Å². The molecule has 2 nitrogen and oxygen atoms in total. The quantitative estimate of drug-likeness (QED) is 0.808. The Labute approximate surface area is 90.1 Å². The first-order chi connectivity index (χ1) is 7.15. The third-order valence-corrected chi connectivity index (χ3v) is 2.83. The Morgan fingerprint density at radius 2 is 1.93 bits per heavy atom. The van der Waals surface area contributed by atoms with Gasteiger partial charge in [0, 0.05) is 23.5 Å². The van der Waals surface area contributed by atoms with Gasteiger partial charge in [-0.3, -0.25) is 4.98 Å². The highest BCUT2D eigenvalue weighted by molar-refractivity contribution is 5.85. The summed E-state index contributed by atoms with van der Waals surface area (Å²) in [7, 11) is 0. The van der Waals surface area contributed by atoms with E-state index < -0.39 is 0 Å². The molecule has 0 radical (unpaired) electrons. The summed E-state index contributed by atoms with van der Waals surface area (Å²) in [5.74, 6) is 0. The molecule has 1 aromatic carbocycles. The lowest BCUT2D eigenvalue weighted by Gasteiger charge is -2.23. The third kappa shape index (κ3) is 1.73. The van der Waals surface area contributed by atoms with E-state index in [0.717, 1.165) is 5.69 Å². The largest absolute Gasteiger partial charge is 0.330 e. The molecule has 2 aromatic rings. The third-order valence-electron chi connectivity index (χ3n) is 2.83. The highest BCUT2D eigenvalue weighted by Crippen LogP contribution is 2.27. The van der Waals surface area contributed by atoms with Crippen LogP contribution in [-0.4, -0.2) is 11.5 Å². The van der Waals surface area contributed by atoms with Gasteiger partial charge in [-0.05, 0) is 11.5 Å². The van der Waals surface area contributed by atoms with Crippen LogP contribution in [0.25, 0.3) is 10.8 Å². The number of nitrogens with two attached hydrogens (primary N) is 1. The van der Waals surface area contributed by atoms with Crippen molar-refractivity contribution in [2.45, 2.75) is 19.3 Å². The van der Waals surface area contributed by atoms with Gasteiger partial charge in [0.05, 0.1) is 5.69 Å². The molecule has 0 atom stereocenters. The van der Waals surface area contributed by atoms with Gasteiger partial charge in [-0.25, -0.2) is 0 Å². The van der Waals surface area contributed by atoms with Crippen LogP contribution in [0.2, 0.25) is 0 Å². The Morgan fingerprint density at radius 3 is 2.67 bits per heavy atom. The van der Waals surface area contributed by atoms with Crippen LogP contribution in [0.15, 0.2) is 36.5 Å². The molecule has 0 spiro atoms. The zero-order valence-electron chi connectivity index (χ0n) is 9.20. The molecule has 2 heteroatoms. The van der Waals surface area contributed by atoms with Crippen LogP contribution in [0.5, 0.6) is 0 Å². The van der Waals surface area contributed by atoms with Crippen LogP contribution in [0.3, 0.4) is 0 Å². The smallest absolute Gasteiger partial charge is 0.0550 e. The Hall–Kier alpha value is -1.41. The summed E-state index contributed by atoms with van der Waals surface area (Å²) >= 11 is 0. The van der Waals surface area contributed by atoms with Gasteiger partial charge in [0.25, 0.3) is 0 Å². The van der Waals surface area contributed by atoms with E-state index in [1.807, 2.05) is 24.4 Å². The highest BCUT2D eigenvalue weighted by Gasteiger charge is 2.22. The van der Waals surface area contributed by atoms with Gasteiger partial charge in [0.1, 0.15) is 0 Å². The topological polar surface area (TPSA) is 38.9 Å². The molecule has 0 aliphatic heterocycles. The SMILES string of the molecule is CC(C)(CN)c1nccc2ccccc12. The maximum atomic E-state index is 5.79. The molecule has 0 unspecified atom stereocenters. The van der Waals surface area contributed by atoms with Crippen molar-refractivity contribution < 1.29 is 0 Å². The Balaban J connectivity index is 2.71. The number of rotatable bonds is 2. The average Bonchev–Trinajstić information content (AvgIpc) is 2.28. The number of aromatic nitrogens is 1. The van der Waals surface area contributed by atoms with Crippen LogP contribution < -0.4 is 5.73 Å². The van der Waals surface area contributed by atoms with E-state index in [0.29, 0.717) is 6.54 Å². The van der Waals surface area contributed by atoms with Crippen LogP contribution in [-0.2, 0) is 5.41 Å². The summed E-state index contributed by atoms with van der Waals surface area (Å²) < 4.78 is 0. The van der Waals surface area contributed by atoms with Gasteiger partial charge in [-0.2, -0.15) is 0 Å². The molecule has 15 heavy (non-hydrogen) atoms. The maximum absolute atomic E-state index is 5.79. The summed E-state index contributed by atoms with van der Waals surface area (Å²) in [5, 5.41) is 2.43. The number of hydrogen-bond donors (Lipinski definition) is 1. The minimum Gasteiger partial charge on any atom is -0.330 e. The highest BCUT2D eigenvalue weighted by atomic mass is 14.7. The van der Waals surface area contributed by atoms with Crippen molar-refractivity contribution >= 4 is 10.8 Å². The molecule has 0 fully saturated rings. The van der Waals surface area contributed by atoms with Crippen LogP contribution >= 0.6 is 0 Å². The molecule has 0 amide bonds. The van der Waals surface area contributed by atoms with Crippen molar-refractivity contribution in [3.05, 3.63) is 42.2 Å². The first-order valence-corrected chi connectivity index (χ1v) is 5.19. The normalized spacial score (nSPS) is 11.9. The first kappa shape index (κ1) is 10.1. The Kier molecular flexibility index (Phi) is 2.45. The number of benzene rings is 1. The number of pyridine rings is 1. The van der Waals surface area contributed by atoms with Crippen LogP contribution in [0, 0.1) is 0 Å². The van der Waals surface area contributed by atoms with E-state index in [9.17, 15) is 0 Å². The van der Waals surface area contributed by atoms with Gasteiger partial charge in [0.15, 0.2) is 0 Å².